The summed E-state index contributed by atoms with van der Waals surface area (Å²) >= 11 is 1.36. The molecule has 1 atom stereocenters. The average molecular weight is 314 g/mol. The van der Waals surface area contributed by atoms with Gasteiger partial charge >= 0.3 is 6.18 Å². The van der Waals surface area contributed by atoms with E-state index in [1.165, 1.54) is 17.4 Å². The maximum atomic E-state index is 12.7. The molecule has 1 aromatic carbocycles. The van der Waals surface area contributed by atoms with Crippen LogP contribution < -0.4 is 4.90 Å². The first-order valence-electron chi connectivity index (χ1n) is 6.60. The Bertz CT molecular complexity index is 695. The van der Waals surface area contributed by atoms with Gasteiger partial charge in [-0.15, -0.1) is 0 Å². The molecule has 1 aliphatic rings. The number of anilines is 1. The number of alkyl halides is 3. The number of nitrogens with zero attached hydrogens (tertiary/aromatic N) is 2. The Morgan fingerprint density at radius 2 is 2.14 bits per heavy atom. The molecule has 1 unspecified atom stereocenters. The maximum absolute atomic E-state index is 12.7. The van der Waals surface area contributed by atoms with Crippen molar-refractivity contribution in [3.05, 3.63) is 23.8 Å². The fraction of sp³-hybridized carbons (Fsp3) is 0.429. The molecule has 2 heterocycles. The molecule has 21 heavy (non-hydrogen) atoms. The van der Waals surface area contributed by atoms with Crippen LogP contribution in [0.15, 0.2) is 18.2 Å². The number of piperidine rings is 1. The quantitative estimate of drug-likeness (QED) is 0.804. The third-order valence-electron chi connectivity index (χ3n) is 3.65. The molecule has 0 spiro atoms. The monoisotopic (exact) mass is 314 g/mol. The minimum Gasteiger partial charge on any atom is -0.347 e. The van der Waals surface area contributed by atoms with Gasteiger partial charge in [0.25, 0.3) is 0 Å². The number of rotatable bonds is 1. The summed E-state index contributed by atoms with van der Waals surface area (Å²) < 4.78 is 38.8. The second-order valence-corrected chi connectivity index (χ2v) is 6.25. The predicted molar refractivity (Wildman–Crippen MR) is 75.6 cm³/mol. The smallest absolute Gasteiger partial charge is 0.347 e. The van der Waals surface area contributed by atoms with E-state index in [1.54, 1.807) is 0 Å². The molecule has 0 radical (unpaired) electrons. The number of carbonyl (C=O) groups excluding carboxylic acids is 1. The first-order valence-corrected chi connectivity index (χ1v) is 7.41. The molecule has 3 nitrogen and oxygen atoms in total. The van der Waals surface area contributed by atoms with E-state index in [2.05, 4.69) is 4.98 Å². The van der Waals surface area contributed by atoms with Gasteiger partial charge in [-0.2, -0.15) is 13.2 Å². The van der Waals surface area contributed by atoms with E-state index in [1.807, 2.05) is 11.8 Å². The Morgan fingerprint density at radius 1 is 1.38 bits per heavy atom. The molecule has 7 heteroatoms. The lowest BCUT2D eigenvalue weighted by atomic mass is 9.99. The number of thiazole rings is 1. The van der Waals surface area contributed by atoms with Crippen molar-refractivity contribution in [3.8, 4) is 0 Å². The number of fused-ring (bicyclic) bond motifs is 1. The fourth-order valence-corrected chi connectivity index (χ4v) is 3.40. The molecule has 1 aliphatic heterocycles. The first kappa shape index (κ1) is 14.3. The molecule has 3 rings (SSSR count). The van der Waals surface area contributed by atoms with Crippen molar-refractivity contribution in [3.63, 3.8) is 0 Å². The summed E-state index contributed by atoms with van der Waals surface area (Å²) in [4.78, 5) is 17.8. The maximum Gasteiger partial charge on any atom is 0.416 e. The third-order valence-corrected chi connectivity index (χ3v) is 4.74. The summed E-state index contributed by atoms with van der Waals surface area (Å²) in [5, 5.41) is 0.684. The topological polar surface area (TPSA) is 33.2 Å². The summed E-state index contributed by atoms with van der Waals surface area (Å²) in [6.45, 7) is 3.02. The van der Waals surface area contributed by atoms with Gasteiger partial charge in [-0.3, -0.25) is 4.79 Å². The van der Waals surface area contributed by atoms with Crippen molar-refractivity contribution in [2.75, 3.05) is 18.0 Å². The van der Waals surface area contributed by atoms with Crippen molar-refractivity contribution < 1.29 is 18.0 Å². The van der Waals surface area contributed by atoms with E-state index in [0.29, 0.717) is 30.2 Å². The van der Waals surface area contributed by atoms with Crippen LogP contribution in [-0.2, 0) is 11.0 Å². The van der Waals surface area contributed by atoms with Crippen LogP contribution >= 0.6 is 11.3 Å². The minimum absolute atomic E-state index is 0.0588. The van der Waals surface area contributed by atoms with Crippen molar-refractivity contribution in [2.24, 2.45) is 5.92 Å². The van der Waals surface area contributed by atoms with Gasteiger partial charge < -0.3 is 4.90 Å². The van der Waals surface area contributed by atoms with Crippen molar-refractivity contribution in [2.45, 2.75) is 19.5 Å². The second-order valence-electron chi connectivity index (χ2n) is 5.24. The zero-order valence-corrected chi connectivity index (χ0v) is 12.1. The lowest BCUT2D eigenvalue weighted by Gasteiger charge is -2.29. The van der Waals surface area contributed by atoms with E-state index in [0.717, 1.165) is 16.8 Å². The Balaban J connectivity index is 1.92. The van der Waals surface area contributed by atoms with Crippen LogP contribution in [0.2, 0.25) is 0 Å². The number of ketones is 1. The largest absolute Gasteiger partial charge is 0.416 e. The number of halogens is 3. The fourth-order valence-electron chi connectivity index (χ4n) is 2.42. The molecule has 1 aromatic heterocycles. The van der Waals surface area contributed by atoms with Gasteiger partial charge in [0, 0.05) is 25.4 Å². The van der Waals surface area contributed by atoms with Crippen LogP contribution in [0.5, 0.6) is 0 Å². The molecule has 0 saturated carbocycles. The molecule has 0 amide bonds. The number of hydrogen-bond acceptors (Lipinski definition) is 4. The number of carbonyl (C=O) groups is 1. The number of hydrogen-bond donors (Lipinski definition) is 0. The summed E-state index contributed by atoms with van der Waals surface area (Å²) in [6.07, 6.45) is -3.89. The van der Waals surface area contributed by atoms with Crippen LogP contribution in [0.4, 0.5) is 18.3 Å². The van der Waals surface area contributed by atoms with Crippen LogP contribution in [0.25, 0.3) is 10.2 Å². The predicted octanol–water partition coefficient (Wildman–Crippen LogP) is 3.73. The van der Waals surface area contributed by atoms with Gasteiger partial charge in [0.2, 0.25) is 0 Å². The normalized spacial score (nSPS) is 20.3. The van der Waals surface area contributed by atoms with Gasteiger partial charge in [0.05, 0.1) is 15.8 Å². The molecule has 112 valence electrons. The summed E-state index contributed by atoms with van der Waals surface area (Å²) in [5.74, 6) is 0.170. The third kappa shape index (κ3) is 2.74. The van der Waals surface area contributed by atoms with Crippen molar-refractivity contribution in [1.82, 2.24) is 4.98 Å². The van der Waals surface area contributed by atoms with E-state index in [4.69, 9.17) is 0 Å². The molecule has 1 saturated heterocycles. The minimum atomic E-state index is -4.36. The van der Waals surface area contributed by atoms with E-state index in [-0.39, 0.29) is 11.7 Å². The Morgan fingerprint density at radius 3 is 2.81 bits per heavy atom. The average Bonchev–Trinajstić information content (AvgIpc) is 2.83. The van der Waals surface area contributed by atoms with E-state index in [9.17, 15) is 18.0 Å². The molecule has 0 N–H and O–H groups in total. The highest BCUT2D eigenvalue weighted by molar-refractivity contribution is 7.22. The van der Waals surface area contributed by atoms with Gasteiger partial charge in [0.15, 0.2) is 5.13 Å². The van der Waals surface area contributed by atoms with Gasteiger partial charge in [-0.05, 0) is 18.2 Å². The lowest BCUT2D eigenvalue weighted by molar-refractivity contribution is -0.137. The zero-order chi connectivity index (χ0) is 15.2. The highest BCUT2D eigenvalue weighted by Crippen LogP contribution is 2.35. The SMILES string of the molecule is CC1CN(c2nc3cc(C(F)(F)F)ccc3s2)CCC1=O. The van der Waals surface area contributed by atoms with E-state index >= 15 is 0 Å². The molecule has 1 fully saturated rings. The van der Waals surface area contributed by atoms with Crippen LogP contribution in [-0.4, -0.2) is 23.9 Å². The lowest BCUT2D eigenvalue weighted by Crippen LogP contribution is -2.39. The Kier molecular flexibility index (Phi) is 3.39. The first-order chi connectivity index (χ1) is 9.84. The number of Topliss-reactive ketones (excluding diaryl/α,β-unsaturated/α-hetero) is 1. The van der Waals surface area contributed by atoms with Gasteiger partial charge in [-0.1, -0.05) is 18.3 Å². The zero-order valence-electron chi connectivity index (χ0n) is 11.3. The molecule has 2 aromatic rings. The molecular weight excluding hydrogens is 301 g/mol. The Labute approximate surface area is 123 Å². The molecule has 0 aliphatic carbocycles. The van der Waals surface area contributed by atoms with Gasteiger partial charge in [-0.25, -0.2) is 4.98 Å². The van der Waals surface area contributed by atoms with Crippen molar-refractivity contribution >= 4 is 32.5 Å². The van der Waals surface area contributed by atoms with Gasteiger partial charge in [0.1, 0.15) is 5.78 Å². The van der Waals surface area contributed by atoms with Crippen LogP contribution in [0, 0.1) is 5.92 Å². The highest BCUT2D eigenvalue weighted by Gasteiger charge is 2.31. The van der Waals surface area contributed by atoms with Crippen LogP contribution in [0.1, 0.15) is 18.9 Å². The summed E-state index contributed by atoms with van der Waals surface area (Å²) in [7, 11) is 0. The number of benzene rings is 1. The number of aromatic nitrogens is 1. The summed E-state index contributed by atoms with van der Waals surface area (Å²) in [6, 6.07) is 3.61. The highest BCUT2D eigenvalue weighted by atomic mass is 32.1. The second kappa shape index (κ2) is 4.98. The van der Waals surface area contributed by atoms with Crippen molar-refractivity contribution in [1.29, 1.82) is 0 Å². The van der Waals surface area contributed by atoms with Crippen LogP contribution in [0.3, 0.4) is 0 Å². The summed E-state index contributed by atoms with van der Waals surface area (Å²) in [5.41, 5.74) is -0.330. The Hall–Kier alpha value is -1.63. The molecule has 0 bridgehead atoms. The standard InChI is InChI=1S/C14H13F3N2OS/c1-8-7-19(5-4-11(8)20)13-18-10-6-9(14(15,16)17)2-3-12(10)21-13/h2-3,6,8H,4-5,7H2,1H3. The van der Waals surface area contributed by atoms with E-state index < -0.39 is 11.7 Å². The molecular formula is C14H13F3N2OS.